The van der Waals surface area contributed by atoms with Gasteiger partial charge in [0.2, 0.25) is 25.5 Å². The van der Waals surface area contributed by atoms with Gasteiger partial charge in [-0.15, -0.1) is 0 Å². The molecule has 20 heavy (non-hydrogen) atoms. The van der Waals surface area contributed by atoms with E-state index in [0.29, 0.717) is 5.54 Å². The number of hydrogen-bond donors (Lipinski definition) is 4. The van der Waals surface area contributed by atoms with Crippen molar-refractivity contribution >= 4 is 23.2 Å². The summed E-state index contributed by atoms with van der Waals surface area (Å²) < 4.78 is 0. The fraction of sp³-hybridized carbons (Fsp3) is 0.571. The van der Waals surface area contributed by atoms with Crippen LogP contribution >= 0.6 is 23.2 Å². The highest BCUT2D eigenvalue weighted by atomic mass is 35.5. The van der Waals surface area contributed by atoms with E-state index in [2.05, 4.69) is 11.4 Å². The summed E-state index contributed by atoms with van der Waals surface area (Å²) in [5, 5.41) is 4.06. The van der Waals surface area contributed by atoms with Crippen molar-refractivity contribution in [3.05, 3.63) is 33.8 Å². The Morgan fingerprint density at radius 3 is 2.15 bits per heavy atom. The van der Waals surface area contributed by atoms with Gasteiger partial charge in [-0.2, -0.15) is 0 Å². The van der Waals surface area contributed by atoms with E-state index in [9.17, 15) is 0 Å². The Labute approximate surface area is 129 Å². The van der Waals surface area contributed by atoms with Crippen molar-refractivity contribution in [3.8, 4) is 0 Å². The minimum absolute atomic E-state index is 0.414. The summed E-state index contributed by atoms with van der Waals surface area (Å²) in [4.78, 5) is 5.33. The average molecular weight is 317 g/mol. The lowest BCUT2D eigenvalue weighted by Gasteiger charge is -2.50. The van der Waals surface area contributed by atoms with E-state index in [-0.39, 0.29) is 0 Å². The molecule has 0 spiro atoms. The third-order valence-electron chi connectivity index (χ3n) is 5.08. The summed E-state index contributed by atoms with van der Waals surface area (Å²) in [6, 6.07) is 5.86. The van der Waals surface area contributed by atoms with E-state index in [4.69, 9.17) is 23.2 Å². The Hall–Kier alpha value is -0.360. The second-order valence-electron chi connectivity index (χ2n) is 6.82. The van der Waals surface area contributed by atoms with Crippen LogP contribution in [0.3, 0.4) is 0 Å². The molecule has 6 heteroatoms. The summed E-state index contributed by atoms with van der Waals surface area (Å²) in [7, 11) is 0. The summed E-state index contributed by atoms with van der Waals surface area (Å²) in [6.45, 7) is 8.86. The highest BCUT2D eigenvalue weighted by molar-refractivity contribution is 6.35. The molecule has 1 aromatic rings. The first-order valence-electron chi connectivity index (χ1n) is 7.41. The van der Waals surface area contributed by atoms with Crippen LogP contribution in [0.5, 0.6) is 0 Å². The van der Waals surface area contributed by atoms with E-state index in [1.54, 1.807) is 14.7 Å². The second-order valence-corrected chi connectivity index (χ2v) is 7.66. The van der Waals surface area contributed by atoms with E-state index in [1.165, 1.54) is 45.2 Å². The van der Waals surface area contributed by atoms with Gasteiger partial charge < -0.3 is 5.32 Å². The first-order valence-corrected chi connectivity index (χ1v) is 8.17. The van der Waals surface area contributed by atoms with Crippen LogP contribution in [0.25, 0.3) is 0 Å². The van der Waals surface area contributed by atoms with Crippen molar-refractivity contribution in [1.29, 1.82) is 0 Å². The van der Waals surface area contributed by atoms with Crippen LogP contribution in [-0.2, 0) is 6.54 Å². The molecular formula is C14H22Cl2N4+4. The molecule has 0 radical (unpaired) electrons. The molecule has 0 unspecified atom stereocenters. The maximum absolute atomic E-state index is 6.30. The molecule has 4 aliphatic heterocycles. The minimum atomic E-state index is 0.414. The molecule has 4 aliphatic rings. The van der Waals surface area contributed by atoms with Crippen molar-refractivity contribution in [2.45, 2.75) is 12.1 Å². The van der Waals surface area contributed by atoms with Gasteiger partial charge in [0.25, 0.3) is 0 Å². The molecule has 0 saturated carbocycles. The van der Waals surface area contributed by atoms with Gasteiger partial charge >= 0.3 is 0 Å². The molecule has 4 bridgehead atoms. The summed E-state index contributed by atoms with van der Waals surface area (Å²) in [5.41, 5.74) is 1.62. The maximum atomic E-state index is 6.30. The first kappa shape index (κ1) is 13.3. The lowest BCUT2D eigenvalue weighted by Crippen LogP contribution is -3.58. The summed E-state index contributed by atoms with van der Waals surface area (Å²) >= 11 is 12.3. The zero-order chi connectivity index (χ0) is 13.7. The predicted octanol–water partition coefficient (Wildman–Crippen LogP) is -3.64. The molecule has 0 aliphatic carbocycles. The van der Waals surface area contributed by atoms with Crippen LogP contribution in [0, 0.1) is 0 Å². The van der Waals surface area contributed by atoms with E-state index in [0.717, 1.165) is 16.6 Å². The maximum Gasteiger partial charge on any atom is 0.244 e. The van der Waals surface area contributed by atoms with Crippen LogP contribution in [0.1, 0.15) is 5.56 Å². The molecular weight excluding hydrogens is 295 g/mol. The average Bonchev–Trinajstić information content (AvgIpc) is 2.36. The molecule has 4 nitrogen and oxygen atoms in total. The zero-order valence-electron chi connectivity index (χ0n) is 11.5. The monoisotopic (exact) mass is 316 g/mol. The molecule has 108 valence electrons. The first-order chi connectivity index (χ1) is 9.62. The molecule has 4 heterocycles. The van der Waals surface area contributed by atoms with Crippen LogP contribution in [-0.4, -0.2) is 45.2 Å². The van der Waals surface area contributed by atoms with Gasteiger partial charge in [-0.1, -0.05) is 29.3 Å². The molecule has 0 aromatic heterocycles. The lowest BCUT2D eigenvalue weighted by molar-refractivity contribution is -1.31. The van der Waals surface area contributed by atoms with Gasteiger partial charge in [0.15, 0.2) is 19.6 Å². The van der Waals surface area contributed by atoms with Crippen molar-refractivity contribution in [2.24, 2.45) is 0 Å². The normalized spacial score (nSPS) is 38.4. The van der Waals surface area contributed by atoms with Crippen molar-refractivity contribution in [3.63, 3.8) is 0 Å². The quantitative estimate of drug-likeness (QED) is 0.443. The SMILES string of the molecule is Clc1ccc(C[NH2+]C23C[NH+]4C[NH+](C[NH+](C4)C2)C3)c(Cl)c1. The number of nitrogens with two attached hydrogens (primary N) is 1. The Balaban J connectivity index is 1.49. The van der Waals surface area contributed by atoms with E-state index in [1.807, 2.05) is 12.1 Å². The number of rotatable bonds is 3. The smallest absolute Gasteiger partial charge is 0.244 e. The Kier molecular flexibility index (Phi) is 3.22. The van der Waals surface area contributed by atoms with Crippen LogP contribution in [0.2, 0.25) is 10.0 Å². The van der Waals surface area contributed by atoms with Crippen molar-refractivity contribution in [1.82, 2.24) is 0 Å². The number of hydrogen-bond acceptors (Lipinski definition) is 0. The molecule has 0 amide bonds. The van der Waals surface area contributed by atoms with Crippen LogP contribution in [0.4, 0.5) is 0 Å². The molecule has 0 atom stereocenters. The molecule has 4 fully saturated rings. The van der Waals surface area contributed by atoms with Gasteiger partial charge in [0.1, 0.15) is 6.54 Å². The largest absolute Gasteiger partial charge is 0.323 e. The highest BCUT2D eigenvalue weighted by Gasteiger charge is 2.60. The van der Waals surface area contributed by atoms with Crippen molar-refractivity contribution < 1.29 is 20.0 Å². The summed E-state index contributed by atoms with van der Waals surface area (Å²) in [6.07, 6.45) is 0. The Morgan fingerprint density at radius 2 is 1.60 bits per heavy atom. The predicted molar refractivity (Wildman–Crippen MR) is 76.9 cm³/mol. The summed E-state index contributed by atoms with van der Waals surface area (Å²) in [5.74, 6) is 0. The molecule has 4 saturated heterocycles. The van der Waals surface area contributed by atoms with Gasteiger partial charge in [0, 0.05) is 10.6 Å². The van der Waals surface area contributed by atoms with Gasteiger partial charge in [-0.05, 0) is 12.1 Å². The third kappa shape index (κ3) is 2.34. The fourth-order valence-corrected chi connectivity index (χ4v) is 5.02. The Bertz CT molecular complexity index is 499. The second kappa shape index (κ2) is 4.83. The zero-order valence-corrected chi connectivity index (χ0v) is 13.0. The van der Waals surface area contributed by atoms with E-state index < -0.39 is 0 Å². The number of nitrogens with one attached hydrogen (secondary N) is 3. The topological polar surface area (TPSA) is 29.9 Å². The minimum Gasteiger partial charge on any atom is -0.323 e. The van der Waals surface area contributed by atoms with Crippen LogP contribution < -0.4 is 20.0 Å². The van der Waals surface area contributed by atoms with E-state index >= 15 is 0 Å². The number of benzene rings is 1. The van der Waals surface area contributed by atoms with Gasteiger partial charge in [-0.3, -0.25) is 0 Å². The number of quaternary nitrogens is 4. The van der Waals surface area contributed by atoms with Crippen molar-refractivity contribution in [2.75, 3.05) is 39.6 Å². The van der Waals surface area contributed by atoms with Crippen LogP contribution in [0.15, 0.2) is 18.2 Å². The standard InChI is InChI=1S/C14H18Cl2N4/c15-12-2-1-11(13(16)3-12)4-17-14-5-18-8-19(6-14)10-20(7-14)9-18/h1-3,17H,4-10H2/p+4. The lowest BCUT2D eigenvalue weighted by atomic mass is 9.90. The molecule has 1 aromatic carbocycles. The molecule has 5 rings (SSSR count). The number of halogens is 2. The van der Waals surface area contributed by atoms with Gasteiger partial charge in [0.05, 0.1) is 5.02 Å². The Morgan fingerprint density at radius 1 is 1.00 bits per heavy atom. The highest BCUT2D eigenvalue weighted by Crippen LogP contribution is 2.20. The molecule has 5 N–H and O–H groups in total. The fourth-order valence-electron chi connectivity index (χ4n) is 4.53. The van der Waals surface area contributed by atoms with Gasteiger partial charge in [-0.25, -0.2) is 14.7 Å². The third-order valence-corrected chi connectivity index (χ3v) is 5.66.